The number of halogens is 2. The molecule has 0 unspecified atom stereocenters. The zero-order valence-electron chi connectivity index (χ0n) is 8.42. The molecule has 7 heteroatoms. The van der Waals surface area contributed by atoms with Gasteiger partial charge >= 0.3 is 5.97 Å². The van der Waals surface area contributed by atoms with Crippen molar-refractivity contribution in [1.29, 1.82) is 0 Å². The number of anilines is 1. The lowest BCUT2D eigenvalue weighted by molar-refractivity contribution is 0.0507. The average molecular weight is 232 g/mol. The molecule has 0 aromatic carbocycles. The number of nitrogen functional groups attached to an aromatic ring is 1. The maximum Gasteiger partial charge on any atom is 0.355 e. The van der Waals surface area contributed by atoms with E-state index in [1.165, 1.54) is 6.92 Å². The summed E-state index contributed by atoms with van der Waals surface area (Å²) in [5, 5.41) is 0. The van der Waals surface area contributed by atoms with Crippen LogP contribution >= 0.6 is 0 Å². The Bertz CT molecular complexity index is 457. The Balaban J connectivity index is 3.30. The topological polar surface area (TPSA) is 85.2 Å². The first-order valence-corrected chi connectivity index (χ1v) is 4.45. The molecular weight excluding hydrogens is 222 g/mol. The van der Waals surface area contributed by atoms with Crippen LogP contribution in [0, 0.1) is 0 Å². The van der Waals surface area contributed by atoms with Crippen LogP contribution in [0.25, 0.3) is 0 Å². The van der Waals surface area contributed by atoms with Crippen LogP contribution in [0.5, 0.6) is 0 Å². The molecule has 88 valence electrons. The Morgan fingerprint density at radius 2 is 2.25 bits per heavy atom. The van der Waals surface area contributed by atoms with Gasteiger partial charge in [0, 0.05) is 0 Å². The summed E-state index contributed by atoms with van der Waals surface area (Å²) in [5.74, 6) is -1.00. The van der Waals surface area contributed by atoms with Gasteiger partial charge in [0.15, 0.2) is 0 Å². The zero-order chi connectivity index (χ0) is 12.3. The number of hydrogen-bond donors (Lipinski definition) is 2. The van der Waals surface area contributed by atoms with Crippen molar-refractivity contribution in [1.82, 2.24) is 4.98 Å². The van der Waals surface area contributed by atoms with E-state index in [-0.39, 0.29) is 12.3 Å². The van der Waals surface area contributed by atoms with E-state index in [4.69, 9.17) is 5.73 Å². The molecule has 1 aromatic heterocycles. The average Bonchev–Trinajstić information content (AvgIpc) is 2.21. The van der Waals surface area contributed by atoms with Gasteiger partial charge in [-0.25, -0.2) is 13.6 Å². The van der Waals surface area contributed by atoms with Crippen LogP contribution in [0.1, 0.15) is 29.4 Å². The Morgan fingerprint density at radius 3 is 2.75 bits per heavy atom. The number of nitrogens with one attached hydrogen (secondary N) is 1. The number of nitrogens with two attached hydrogens (primary N) is 1. The standard InChI is InChI=1S/C9H10F2N2O3/c1-2-16-9(15)6-4(7(10)11)3-5(12)8(14)13-6/h3,7H,2,12H2,1H3,(H,13,14). The fraction of sp³-hybridized carbons (Fsp3) is 0.333. The quantitative estimate of drug-likeness (QED) is 0.763. The summed E-state index contributed by atoms with van der Waals surface area (Å²) in [6.07, 6.45) is -2.92. The van der Waals surface area contributed by atoms with Crippen molar-refractivity contribution in [3.05, 3.63) is 27.7 Å². The number of ether oxygens (including phenoxy) is 1. The molecule has 1 aromatic rings. The molecule has 0 aliphatic heterocycles. The molecule has 0 aliphatic rings. The highest BCUT2D eigenvalue weighted by atomic mass is 19.3. The molecule has 0 saturated carbocycles. The molecule has 0 aliphatic carbocycles. The molecule has 0 radical (unpaired) electrons. The van der Waals surface area contributed by atoms with Gasteiger partial charge in [-0.2, -0.15) is 0 Å². The third kappa shape index (κ3) is 2.36. The Kier molecular flexibility index (Phi) is 3.60. The van der Waals surface area contributed by atoms with Crippen LogP contribution in [0.4, 0.5) is 14.5 Å². The van der Waals surface area contributed by atoms with E-state index >= 15 is 0 Å². The normalized spacial score (nSPS) is 10.5. The number of rotatable bonds is 3. The van der Waals surface area contributed by atoms with Gasteiger partial charge in [-0.15, -0.1) is 0 Å². The van der Waals surface area contributed by atoms with Gasteiger partial charge in [0.1, 0.15) is 5.69 Å². The Morgan fingerprint density at radius 1 is 1.62 bits per heavy atom. The minimum atomic E-state index is -2.92. The molecule has 3 N–H and O–H groups in total. The van der Waals surface area contributed by atoms with Crippen molar-refractivity contribution < 1.29 is 18.3 Å². The van der Waals surface area contributed by atoms with Crippen LogP contribution < -0.4 is 11.3 Å². The lowest BCUT2D eigenvalue weighted by Crippen LogP contribution is -2.20. The summed E-state index contributed by atoms with van der Waals surface area (Å²) in [5.41, 5.74) is 2.80. The lowest BCUT2D eigenvalue weighted by atomic mass is 10.2. The van der Waals surface area contributed by atoms with E-state index in [2.05, 4.69) is 4.74 Å². The van der Waals surface area contributed by atoms with E-state index in [1.54, 1.807) is 0 Å². The number of H-pyrrole nitrogens is 1. The zero-order valence-corrected chi connectivity index (χ0v) is 8.42. The number of alkyl halides is 2. The van der Waals surface area contributed by atoms with Gasteiger partial charge in [0.2, 0.25) is 0 Å². The Labute approximate surface area is 89.2 Å². The molecule has 0 atom stereocenters. The second kappa shape index (κ2) is 4.73. The van der Waals surface area contributed by atoms with Crippen molar-refractivity contribution in [2.75, 3.05) is 12.3 Å². The molecule has 1 rings (SSSR count). The van der Waals surface area contributed by atoms with E-state index < -0.39 is 29.2 Å². The van der Waals surface area contributed by atoms with Gasteiger partial charge < -0.3 is 15.5 Å². The largest absolute Gasteiger partial charge is 0.461 e. The highest BCUT2D eigenvalue weighted by Crippen LogP contribution is 2.22. The van der Waals surface area contributed by atoms with Gasteiger partial charge in [-0.1, -0.05) is 0 Å². The van der Waals surface area contributed by atoms with Gasteiger partial charge in [-0.05, 0) is 13.0 Å². The van der Waals surface area contributed by atoms with Gasteiger partial charge in [-0.3, -0.25) is 4.79 Å². The number of aromatic nitrogens is 1. The van der Waals surface area contributed by atoms with Crippen LogP contribution in [0.2, 0.25) is 0 Å². The number of carbonyl (C=O) groups is 1. The molecule has 0 saturated heterocycles. The first-order chi connectivity index (χ1) is 7.47. The van der Waals surface area contributed by atoms with E-state index in [1.807, 2.05) is 4.98 Å². The number of esters is 1. The van der Waals surface area contributed by atoms with Crippen molar-refractivity contribution in [3.8, 4) is 0 Å². The smallest absolute Gasteiger partial charge is 0.355 e. The summed E-state index contributed by atoms with van der Waals surface area (Å²) < 4.78 is 29.6. The fourth-order valence-electron chi connectivity index (χ4n) is 1.11. The predicted molar refractivity (Wildman–Crippen MR) is 52.4 cm³/mol. The number of pyridine rings is 1. The second-order valence-corrected chi connectivity index (χ2v) is 2.91. The molecule has 16 heavy (non-hydrogen) atoms. The van der Waals surface area contributed by atoms with Crippen molar-refractivity contribution in [2.24, 2.45) is 0 Å². The first kappa shape index (κ1) is 12.2. The van der Waals surface area contributed by atoms with Crippen molar-refractivity contribution >= 4 is 11.7 Å². The maximum atomic E-state index is 12.6. The summed E-state index contributed by atoms with van der Waals surface area (Å²) in [6, 6.07) is 0.774. The molecule has 1 heterocycles. The van der Waals surface area contributed by atoms with Gasteiger partial charge in [0.05, 0.1) is 17.9 Å². The van der Waals surface area contributed by atoms with E-state index in [9.17, 15) is 18.4 Å². The lowest BCUT2D eigenvalue weighted by Gasteiger charge is -2.08. The highest BCUT2D eigenvalue weighted by Gasteiger charge is 2.21. The number of aromatic amines is 1. The van der Waals surface area contributed by atoms with Crippen LogP contribution in [0.15, 0.2) is 10.9 Å². The van der Waals surface area contributed by atoms with Crippen LogP contribution in [-0.4, -0.2) is 17.6 Å². The Hall–Kier alpha value is -1.92. The monoisotopic (exact) mass is 232 g/mol. The number of hydrogen-bond acceptors (Lipinski definition) is 4. The molecule has 0 bridgehead atoms. The third-order valence-electron chi connectivity index (χ3n) is 1.82. The third-order valence-corrected chi connectivity index (χ3v) is 1.82. The SMILES string of the molecule is CCOC(=O)c1[nH]c(=O)c(N)cc1C(F)F. The van der Waals surface area contributed by atoms with Gasteiger partial charge in [0.25, 0.3) is 12.0 Å². The maximum absolute atomic E-state index is 12.6. The molecule has 0 spiro atoms. The summed E-state index contributed by atoms with van der Waals surface area (Å²) in [6.45, 7) is 1.54. The summed E-state index contributed by atoms with van der Waals surface area (Å²) >= 11 is 0. The summed E-state index contributed by atoms with van der Waals surface area (Å²) in [4.78, 5) is 24.3. The predicted octanol–water partition coefficient (Wildman–Crippen LogP) is 1.07. The first-order valence-electron chi connectivity index (χ1n) is 4.45. The minimum absolute atomic E-state index is 0.0217. The van der Waals surface area contributed by atoms with E-state index in [0.717, 1.165) is 6.07 Å². The molecule has 0 fully saturated rings. The molecule has 0 amide bonds. The molecular formula is C9H10F2N2O3. The van der Waals surface area contributed by atoms with E-state index in [0.29, 0.717) is 0 Å². The number of carbonyl (C=O) groups excluding carboxylic acids is 1. The second-order valence-electron chi connectivity index (χ2n) is 2.91. The highest BCUT2D eigenvalue weighted by molar-refractivity contribution is 5.89. The molecule has 5 nitrogen and oxygen atoms in total. The fourth-order valence-corrected chi connectivity index (χ4v) is 1.11. The van der Waals surface area contributed by atoms with Crippen LogP contribution in [-0.2, 0) is 4.74 Å². The summed E-state index contributed by atoms with van der Waals surface area (Å²) in [7, 11) is 0. The van der Waals surface area contributed by atoms with Crippen molar-refractivity contribution in [3.63, 3.8) is 0 Å². The van der Waals surface area contributed by atoms with Crippen LogP contribution in [0.3, 0.4) is 0 Å². The minimum Gasteiger partial charge on any atom is -0.461 e. The van der Waals surface area contributed by atoms with Crippen molar-refractivity contribution in [2.45, 2.75) is 13.3 Å².